The Kier molecular flexibility index (Phi) is 4.62. The maximum absolute atomic E-state index is 5.20. The number of hydrogen-bond donors (Lipinski definition) is 0. The van der Waals surface area contributed by atoms with E-state index < -0.39 is 0 Å². The predicted octanol–water partition coefficient (Wildman–Crippen LogP) is 1.71. The maximum atomic E-state index is 5.20. The number of methoxy groups -OCH3 is 1. The highest BCUT2D eigenvalue weighted by Crippen LogP contribution is 2.16. The van der Waals surface area contributed by atoms with Crippen LogP contribution in [0.3, 0.4) is 0 Å². The summed E-state index contributed by atoms with van der Waals surface area (Å²) < 4.78 is 5.20. The number of rotatable bonds is 4. The van der Waals surface area contributed by atoms with Crippen LogP contribution in [0.5, 0.6) is 0 Å². The fourth-order valence-electron chi connectivity index (χ4n) is 1.94. The van der Waals surface area contributed by atoms with E-state index in [9.17, 15) is 0 Å². The molecule has 2 nitrogen and oxygen atoms in total. The van der Waals surface area contributed by atoms with Crippen LogP contribution >= 0.6 is 0 Å². The van der Waals surface area contributed by atoms with Crippen molar-refractivity contribution in [2.24, 2.45) is 0 Å². The van der Waals surface area contributed by atoms with Gasteiger partial charge in [-0.2, -0.15) is 0 Å². The van der Waals surface area contributed by atoms with Gasteiger partial charge < -0.3 is 4.74 Å². The highest BCUT2D eigenvalue weighted by molar-refractivity contribution is 4.76. The van der Waals surface area contributed by atoms with Crippen LogP contribution in [0.15, 0.2) is 0 Å². The second-order valence-corrected chi connectivity index (χ2v) is 3.49. The van der Waals surface area contributed by atoms with E-state index in [1.54, 1.807) is 7.11 Å². The summed E-state index contributed by atoms with van der Waals surface area (Å²) in [5, 5.41) is 0. The van der Waals surface area contributed by atoms with Crippen LogP contribution < -0.4 is 0 Å². The summed E-state index contributed by atoms with van der Waals surface area (Å²) in [6.45, 7) is 7.15. The van der Waals surface area contributed by atoms with Crippen LogP contribution in [-0.4, -0.2) is 37.7 Å². The van der Waals surface area contributed by atoms with Crippen LogP contribution in [0, 0.1) is 6.92 Å². The van der Waals surface area contributed by atoms with Crippen molar-refractivity contribution in [3.8, 4) is 0 Å². The molecule has 1 radical (unpaired) electrons. The van der Waals surface area contributed by atoms with E-state index in [1.165, 1.54) is 25.8 Å². The molecule has 0 bridgehead atoms. The molecule has 1 fully saturated rings. The van der Waals surface area contributed by atoms with Gasteiger partial charge in [0, 0.05) is 13.2 Å². The largest absolute Gasteiger partial charge is 0.383 e. The topological polar surface area (TPSA) is 12.5 Å². The molecular formula is C10H20NO. The first-order chi connectivity index (χ1) is 5.88. The smallest absolute Gasteiger partial charge is 0.0618 e. The summed E-state index contributed by atoms with van der Waals surface area (Å²) in [5.74, 6) is 0. The number of ether oxygens (including phenoxy) is 1. The summed E-state index contributed by atoms with van der Waals surface area (Å²) in [6.07, 6.45) is 5.02. The van der Waals surface area contributed by atoms with E-state index in [0.717, 1.165) is 19.6 Å². The Hall–Kier alpha value is -0.0800. The van der Waals surface area contributed by atoms with Crippen molar-refractivity contribution in [2.75, 3.05) is 26.8 Å². The molecular weight excluding hydrogens is 150 g/mol. The lowest BCUT2D eigenvalue weighted by Gasteiger charge is -2.34. The third-order valence-electron chi connectivity index (χ3n) is 2.55. The fourth-order valence-corrected chi connectivity index (χ4v) is 1.94. The molecule has 0 aromatic heterocycles. The van der Waals surface area contributed by atoms with Crippen molar-refractivity contribution in [1.29, 1.82) is 0 Å². The minimum Gasteiger partial charge on any atom is -0.383 e. The van der Waals surface area contributed by atoms with Gasteiger partial charge in [-0.05, 0) is 32.4 Å². The van der Waals surface area contributed by atoms with E-state index in [2.05, 4.69) is 11.8 Å². The third-order valence-corrected chi connectivity index (χ3v) is 2.55. The molecule has 12 heavy (non-hydrogen) atoms. The normalized spacial score (nSPS) is 26.0. The van der Waals surface area contributed by atoms with Crippen LogP contribution in [0.4, 0.5) is 0 Å². The summed E-state index contributed by atoms with van der Waals surface area (Å²) in [5.41, 5.74) is 0. The summed E-state index contributed by atoms with van der Waals surface area (Å²) >= 11 is 0. The Balaban J connectivity index is 2.31. The van der Waals surface area contributed by atoms with E-state index in [1.807, 2.05) is 0 Å². The standard InChI is InChI=1S/C10H20NO/c1-3-7-11-8-5-4-6-10(11)9-12-2/h10H,1,3-9H2,2H3. The molecule has 1 rings (SSSR count). The van der Waals surface area contributed by atoms with Crippen molar-refractivity contribution in [2.45, 2.75) is 31.7 Å². The zero-order chi connectivity index (χ0) is 8.81. The molecule has 71 valence electrons. The van der Waals surface area contributed by atoms with Crippen molar-refractivity contribution in [3.63, 3.8) is 0 Å². The first-order valence-electron chi connectivity index (χ1n) is 4.90. The summed E-state index contributed by atoms with van der Waals surface area (Å²) in [4.78, 5) is 2.51. The minimum absolute atomic E-state index is 0.658. The van der Waals surface area contributed by atoms with Gasteiger partial charge in [0.25, 0.3) is 0 Å². The second-order valence-electron chi connectivity index (χ2n) is 3.49. The second kappa shape index (κ2) is 5.55. The minimum atomic E-state index is 0.658. The molecule has 1 aliphatic heterocycles. The quantitative estimate of drug-likeness (QED) is 0.637. The Labute approximate surface area is 75.9 Å². The first-order valence-corrected chi connectivity index (χ1v) is 4.90. The zero-order valence-electron chi connectivity index (χ0n) is 8.09. The maximum Gasteiger partial charge on any atom is 0.0618 e. The fraction of sp³-hybridized carbons (Fsp3) is 0.900. The first kappa shape index (κ1) is 10.0. The molecule has 0 saturated carbocycles. The molecule has 1 aliphatic rings. The van der Waals surface area contributed by atoms with Crippen LogP contribution in [-0.2, 0) is 4.74 Å². The van der Waals surface area contributed by atoms with Gasteiger partial charge in [0.05, 0.1) is 6.61 Å². The Morgan fingerprint density at radius 1 is 1.50 bits per heavy atom. The molecule has 1 saturated heterocycles. The van der Waals surface area contributed by atoms with Gasteiger partial charge in [0.15, 0.2) is 0 Å². The third kappa shape index (κ3) is 2.76. The van der Waals surface area contributed by atoms with Gasteiger partial charge >= 0.3 is 0 Å². The highest BCUT2D eigenvalue weighted by atomic mass is 16.5. The summed E-state index contributed by atoms with van der Waals surface area (Å²) in [6, 6.07) is 0.658. The van der Waals surface area contributed by atoms with Crippen molar-refractivity contribution in [1.82, 2.24) is 4.90 Å². The Morgan fingerprint density at radius 3 is 3.00 bits per heavy atom. The number of hydrogen-bond acceptors (Lipinski definition) is 2. The summed E-state index contributed by atoms with van der Waals surface area (Å²) in [7, 11) is 1.79. The average molecular weight is 170 g/mol. The van der Waals surface area contributed by atoms with Gasteiger partial charge in [0.1, 0.15) is 0 Å². The molecule has 1 unspecified atom stereocenters. The van der Waals surface area contributed by atoms with Crippen molar-refractivity contribution >= 4 is 0 Å². The Bertz CT molecular complexity index is 98.4. The molecule has 2 heteroatoms. The van der Waals surface area contributed by atoms with Crippen LogP contribution in [0.1, 0.15) is 25.7 Å². The molecule has 1 heterocycles. The van der Waals surface area contributed by atoms with Gasteiger partial charge in [-0.25, -0.2) is 0 Å². The highest BCUT2D eigenvalue weighted by Gasteiger charge is 2.20. The zero-order valence-corrected chi connectivity index (χ0v) is 8.09. The van der Waals surface area contributed by atoms with Crippen LogP contribution in [0.25, 0.3) is 0 Å². The average Bonchev–Trinajstić information content (AvgIpc) is 2.09. The van der Waals surface area contributed by atoms with Gasteiger partial charge in [0.2, 0.25) is 0 Å². The van der Waals surface area contributed by atoms with Gasteiger partial charge in [-0.3, -0.25) is 4.90 Å². The van der Waals surface area contributed by atoms with E-state index in [0.29, 0.717) is 6.04 Å². The lowest BCUT2D eigenvalue weighted by atomic mass is 10.0. The molecule has 0 aromatic carbocycles. The van der Waals surface area contributed by atoms with Crippen LogP contribution in [0.2, 0.25) is 0 Å². The number of piperidine rings is 1. The van der Waals surface area contributed by atoms with Gasteiger partial charge in [-0.15, -0.1) is 0 Å². The number of likely N-dealkylation sites (tertiary alicyclic amines) is 1. The monoisotopic (exact) mass is 170 g/mol. The SMILES string of the molecule is [CH2]CCN1CCCCC1COC. The van der Waals surface area contributed by atoms with Gasteiger partial charge in [-0.1, -0.05) is 13.3 Å². The van der Waals surface area contributed by atoms with E-state index in [4.69, 9.17) is 4.74 Å². The van der Waals surface area contributed by atoms with E-state index in [-0.39, 0.29) is 0 Å². The van der Waals surface area contributed by atoms with Crippen molar-refractivity contribution < 1.29 is 4.74 Å². The molecule has 0 spiro atoms. The molecule has 1 atom stereocenters. The van der Waals surface area contributed by atoms with Crippen molar-refractivity contribution in [3.05, 3.63) is 6.92 Å². The predicted molar refractivity (Wildman–Crippen MR) is 51.1 cm³/mol. The molecule has 0 amide bonds. The van der Waals surface area contributed by atoms with E-state index >= 15 is 0 Å². The number of nitrogens with zero attached hydrogens (tertiary/aromatic N) is 1. The Morgan fingerprint density at radius 2 is 2.33 bits per heavy atom. The molecule has 0 aliphatic carbocycles. The lowest BCUT2D eigenvalue weighted by Crippen LogP contribution is -2.42. The lowest BCUT2D eigenvalue weighted by molar-refractivity contribution is 0.0661. The molecule has 0 N–H and O–H groups in total. The molecule has 0 aromatic rings.